The van der Waals surface area contributed by atoms with E-state index >= 15 is 0 Å². The molecule has 4 bridgehead atoms. The molecule has 1 heterocycles. The van der Waals surface area contributed by atoms with Gasteiger partial charge in [-0.15, -0.1) is 0 Å². The van der Waals surface area contributed by atoms with E-state index in [1.54, 1.807) is 0 Å². The van der Waals surface area contributed by atoms with E-state index in [2.05, 4.69) is 10.2 Å². The summed E-state index contributed by atoms with van der Waals surface area (Å²) < 4.78 is 0. The molecule has 1 aliphatic heterocycles. The van der Waals surface area contributed by atoms with Crippen molar-refractivity contribution in [1.82, 2.24) is 0 Å². The summed E-state index contributed by atoms with van der Waals surface area (Å²) >= 11 is 0. The third-order valence-electron chi connectivity index (χ3n) is 4.78. The summed E-state index contributed by atoms with van der Waals surface area (Å²) in [6, 6.07) is 1.32. The fourth-order valence-electron chi connectivity index (χ4n) is 4.50. The van der Waals surface area contributed by atoms with Gasteiger partial charge in [0.15, 0.2) is 0 Å². The Morgan fingerprint density at radius 2 is 1.33 bits per heavy atom. The summed E-state index contributed by atoms with van der Waals surface area (Å²) in [4.78, 5) is 0. The molecule has 0 unspecified atom stereocenters. The first-order chi connectivity index (χ1) is 5.93. The van der Waals surface area contributed by atoms with Crippen molar-refractivity contribution in [3.8, 4) is 0 Å². The quantitative estimate of drug-likeness (QED) is 0.488. The van der Waals surface area contributed by atoms with Gasteiger partial charge in [-0.05, 0) is 49.4 Å². The second-order valence-electron chi connectivity index (χ2n) is 5.09. The summed E-state index contributed by atoms with van der Waals surface area (Å²) in [7, 11) is 0. The molecule has 64 valence electrons. The Bertz CT molecular complexity index is 237. The van der Waals surface area contributed by atoms with Crippen LogP contribution in [0.1, 0.15) is 25.7 Å². The average Bonchev–Trinajstić information content (AvgIpc) is 2.83. The van der Waals surface area contributed by atoms with Gasteiger partial charge in [0, 0.05) is 0 Å². The SMILES string of the molecule is C1C[C@H]2C[C@H]1[C@H]1[C@H]2[C@H]2C[C@H]1N=N2. The van der Waals surface area contributed by atoms with Crippen molar-refractivity contribution in [2.24, 2.45) is 33.9 Å². The third-order valence-corrected chi connectivity index (χ3v) is 4.78. The molecule has 3 fully saturated rings. The fourth-order valence-corrected chi connectivity index (χ4v) is 4.50. The Morgan fingerprint density at radius 3 is 1.92 bits per heavy atom. The monoisotopic (exact) mass is 162 g/mol. The van der Waals surface area contributed by atoms with Crippen molar-refractivity contribution in [3.05, 3.63) is 0 Å². The standard InChI is InChI=1S/C10H14N2/c1-2-6-3-5(1)9-7-4-8(10(6)9)12-11-7/h5-10H,1-4H2/t5-,6-,7+,8+,9+,10+/m0/s1. The van der Waals surface area contributed by atoms with E-state index in [0.717, 1.165) is 23.7 Å². The largest absolute Gasteiger partial charge is 0.190 e. The molecule has 6 atom stereocenters. The molecule has 0 radical (unpaired) electrons. The zero-order chi connectivity index (χ0) is 7.71. The van der Waals surface area contributed by atoms with E-state index in [-0.39, 0.29) is 0 Å². The van der Waals surface area contributed by atoms with Gasteiger partial charge in [0.1, 0.15) is 0 Å². The topological polar surface area (TPSA) is 24.7 Å². The zero-order valence-electron chi connectivity index (χ0n) is 7.19. The van der Waals surface area contributed by atoms with Crippen LogP contribution in [0.15, 0.2) is 10.2 Å². The van der Waals surface area contributed by atoms with Crippen LogP contribution in [0.4, 0.5) is 0 Å². The van der Waals surface area contributed by atoms with Crippen molar-refractivity contribution in [2.75, 3.05) is 0 Å². The molecular formula is C10H14N2. The zero-order valence-corrected chi connectivity index (χ0v) is 7.19. The number of nitrogens with zero attached hydrogens (tertiary/aromatic N) is 2. The van der Waals surface area contributed by atoms with Gasteiger partial charge in [0.2, 0.25) is 0 Å². The van der Waals surface area contributed by atoms with E-state index in [0.29, 0.717) is 12.1 Å². The minimum Gasteiger partial charge on any atom is -0.190 e. The van der Waals surface area contributed by atoms with E-state index in [9.17, 15) is 0 Å². The molecule has 0 amide bonds. The van der Waals surface area contributed by atoms with E-state index in [1.165, 1.54) is 25.7 Å². The van der Waals surface area contributed by atoms with Gasteiger partial charge in [0.25, 0.3) is 0 Å². The molecule has 0 aromatic rings. The van der Waals surface area contributed by atoms with Crippen molar-refractivity contribution < 1.29 is 0 Å². The molecule has 2 nitrogen and oxygen atoms in total. The third kappa shape index (κ3) is 0.502. The highest BCUT2D eigenvalue weighted by atomic mass is 15.2. The molecule has 0 saturated heterocycles. The molecule has 3 saturated carbocycles. The molecule has 0 spiro atoms. The lowest BCUT2D eigenvalue weighted by Crippen LogP contribution is -2.29. The predicted molar refractivity (Wildman–Crippen MR) is 44.9 cm³/mol. The van der Waals surface area contributed by atoms with Crippen LogP contribution in [0.3, 0.4) is 0 Å². The Hall–Kier alpha value is -0.400. The maximum Gasteiger partial charge on any atom is 0.0763 e. The van der Waals surface area contributed by atoms with Gasteiger partial charge in [-0.1, -0.05) is 0 Å². The van der Waals surface area contributed by atoms with Gasteiger partial charge >= 0.3 is 0 Å². The summed E-state index contributed by atoms with van der Waals surface area (Å²) in [5.41, 5.74) is 0. The summed E-state index contributed by atoms with van der Waals surface area (Å²) in [6.45, 7) is 0. The van der Waals surface area contributed by atoms with Crippen LogP contribution in [0.2, 0.25) is 0 Å². The highest BCUT2D eigenvalue weighted by Crippen LogP contribution is 2.61. The summed E-state index contributed by atoms with van der Waals surface area (Å²) in [5, 5.41) is 8.78. The number of fused-ring (bicyclic) bond motifs is 9. The van der Waals surface area contributed by atoms with Crippen molar-refractivity contribution in [3.63, 3.8) is 0 Å². The lowest BCUT2D eigenvalue weighted by atomic mass is 9.79. The van der Waals surface area contributed by atoms with E-state index in [1.807, 2.05) is 0 Å². The molecule has 3 aliphatic carbocycles. The first kappa shape index (κ1) is 6.11. The molecule has 12 heavy (non-hydrogen) atoms. The number of hydrogen-bond acceptors (Lipinski definition) is 2. The van der Waals surface area contributed by atoms with Crippen LogP contribution in [-0.2, 0) is 0 Å². The van der Waals surface area contributed by atoms with Crippen LogP contribution in [0.25, 0.3) is 0 Å². The van der Waals surface area contributed by atoms with Gasteiger partial charge in [-0.25, -0.2) is 0 Å². The summed E-state index contributed by atoms with van der Waals surface area (Å²) in [5.74, 6) is 4.06. The molecule has 0 N–H and O–H groups in total. The molecule has 4 rings (SSSR count). The van der Waals surface area contributed by atoms with Gasteiger partial charge in [-0.3, -0.25) is 0 Å². The van der Waals surface area contributed by atoms with Crippen LogP contribution in [0.5, 0.6) is 0 Å². The smallest absolute Gasteiger partial charge is 0.0763 e. The van der Waals surface area contributed by atoms with Gasteiger partial charge in [0.05, 0.1) is 12.1 Å². The van der Waals surface area contributed by atoms with Gasteiger partial charge in [-0.2, -0.15) is 10.2 Å². The molecule has 2 heteroatoms. The van der Waals surface area contributed by atoms with Crippen molar-refractivity contribution >= 4 is 0 Å². The fraction of sp³-hybridized carbons (Fsp3) is 1.00. The van der Waals surface area contributed by atoms with Crippen molar-refractivity contribution in [2.45, 2.75) is 37.8 Å². The molecule has 0 aromatic carbocycles. The number of rotatable bonds is 0. The van der Waals surface area contributed by atoms with E-state index < -0.39 is 0 Å². The van der Waals surface area contributed by atoms with Gasteiger partial charge < -0.3 is 0 Å². The maximum atomic E-state index is 4.39. The Balaban J connectivity index is 1.82. The van der Waals surface area contributed by atoms with E-state index in [4.69, 9.17) is 0 Å². The Labute approximate surface area is 72.4 Å². The average molecular weight is 162 g/mol. The molecule has 4 aliphatic rings. The minimum absolute atomic E-state index is 0.662. The van der Waals surface area contributed by atoms with Crippen molar-refractivity contribution in [1.29, 1.82) is 0 Å². The van der Waals surface area contributed by atoms with Crippen LogP contribution in [-0.4, -0.2) is 12.1 Å². The number of hydrogen-bond donors (Lipinski definition) is 0. The molecular weight excluding hydrogens is 148 g/mol. The van der Waals surface area contributed by atoms with Crippen LogP contribution < -0.4 is 0 Å². The number of azo groups is 1. The first-order valence-electron chi connectivity index (χ1n) is 5.33. The predicted octanol–water partition coefficient (Wildman–Crippen LogP) is 2.26. The Morgan fingerprint density at radius 1 is 0.750 bits per heavy atom. The first-order valence-corrected chi connectivity index (χ1v) is 5.33. The highest BCUT2D eigenvalue weighted by molar-refractivity contribution is 5.12. The van der Waals surface area contributed by atoms with Crippen LogP contribution >= 0.6 is 0 Å². The Kier molecular flexibility index (Phi) is 0.894. The second kappa shape index (κ2) is 1.75. The highest BCUT2D eigenvalue weighted by Gasteiger charge is 2.59. The lowest BCUT2D eigenvalue weighted by molar-refractivity contribution is 0.209. The lowest BCUT2D eigenvalue weighted by Gasteiger charge is -2.30. The minimum atomic E-state index is 0.662. The maximum absolute atomic E-state index is 4.39. The van der Waals surface area contributed by atoms with Crippen LogP contribution in [0, 0.1) is 23.7 Å². The summed E-state index contributed by atoms with van der Waals surface area (Å²) in [6.07, 6.45) is 5.84. The molecule has 0 aromatic heterocycles. The second-order valence-corrected chi connectivity index (χ2v) is 5.09. The normalized spacial score (nSPS) is 64.7.